The largest absolute Gasteiger partial charge is 0.367 e. The third-order valence-electron chi connectivity index (χ3n) is 6.66. The third kappa shape index (κ3) is 4.20. The fourth-order valence-corrected chi connectivity index (χ4v) is 5.48. The number of pyridine rings is 1. The quantitative estimate of drug-likeness (QED) is 0.475. The molecule has 0 radical (unpaired) electrons. The molecule has 3 aromatic heterocycles. The lowest BCUT2D eigenvalue weighted by Crippen LogP contribution is -2.59. The van der Waals surface area contributed by atoms with Crippen LogP contribution in [0.25, 0.3) is 16.7 Å². The molecule has 5 rings (SSSR count). The summed E-state index contributed by atoms with van der Waals surface area (Å²) in [5.41, 5.74) is 3.82. The van der Waals surface area contributed by atoms with Gasteiger partial charge in [-0.05, 0) is 46.8 Å². The van der Waals surface area contributed by atoms with Gasteiger partial charge in [0.2, 0.25) is 0 Å². The minimum Gasteiger partial charge on any atom is -0.367 e. The third-order valence-corrected chi connectivity index (χ3v) is 6.66. The normalized spacial score (nSPS) is 19.1. The SMILES string of the molecule is Cc1cn2cc(NC(=O)c3ccc(N4C[C@@H](C)N(C(C)C)[C@H](C)C4)c4nccnc34)cc(F)c2n1. The summed E-state index contributed by atoms with van der Waals surface area (Å²) < 4.78 is 16.1. The maximum absolute atomic E-state index is 14.5. The van der Waals surface area contributed by atoms with Crippen molar-refractivity contribution in [3.05, 3.63) is 60.1 Å². The van der Waals surface area contributed by atoms with E-state index >= 15 is 0 Å². The fraction of sp³-hybridized carbons (Fsp3) is 0.385. The van der Waals surface area contributed by atoms with Crippen LogP contribution in [0.15, 0.2) is 43.0 Å². The number of rotatable bonds is 4. The molecule has 4 aromatic rings. The molecule has 1 saturated heterocycles. The molecule has 1 aliphatic rings. The molecule has 0 spiro atoms. The average molecular weight is 476 g/mol. The maximum Gasteiger partial charge on any atom is 0.257 e. The molecule has 1 N–H and O–H groups in total. The molecule has 0 bridgehead atoms. The zero-order valence-electron chi connectivity index (χ0n) is 20.7. The van der Waals surface area contributed by atoms with Crippen molar-refractivity contribution < 1.29 is 9.18 Å². The lowest BCUT2D eigenvalue weighted by molar-refractivity contribution is 0.0954. The second-order valence-corrected chi connectivity index (χ2v) is 9.67. The lowest BCUT2D eigenvalue weighted by Gasteiger charge is -2.47. The van der Waals surface area contributed by atoms with Crippen molar-refractivity contribution in [1.29, 1.82) is 0 Å². The summed E-state index contributed by atoms with van der Waals surface area (Å²) in [6, 6.07) is 6.23. The van der Waals surface area contributed by atoms with Crippen molar-refractivity contribution in [2.24, 2.45) is 0 Å². The van der Waals surface area contributed by atoms with Gasteiger partial charge in [-0.25, -0.2) is 9.37 Å². The number of carbonyl (C=O) groups excluding carboxylic acids is 1. The highest BCUT2D eigenvalue weighted by Crippen LogP contribution is 2.31. The highest BCUT2D eigenvalue weighted by molar-refractivity contribution is 6.13. The Hall–Kier alpha value is -3.59. The summed E-state index contributed by atoms with van der Waals surface area (Å²) in [6.07, 6.45) is 6.60. The highest BCUT2D eigenvalue weighted by Gasteiger charge is 2.32. The van der Waals surface area contributed by atoms with E-state index in [1.807, 2.05) is 6.07 Å². The van der Waals surface area contributed by atoms with Gasteiger partial charge >= 0.3 is 0 Å². The van der Waals surface area contributed by atoms with Gasteiger partial charge in [-0.3, -0.25) is 19.7 Å². The summed E-state index contributed by atoms with van der Waals surface area (Å²) in [4.78, 5) is 31.4. The molecule has 1 aromatic carbocycles. The molecule has 2 atom stereocenters. The van der Waals surface area contributed by atoms with Crippen molar-refractivity contribution >= 4 is 34.0 Å². The zero-order chi connectivity index (χ0) is 24.9. The van der Waals surface area contributed by atoms with Gasteiger partial charge in [0.15, 0.2) is 11.5 Å². The highest BCUT2D eigenvalue weighted by atomic mass is 19.1. The number of imidazole rings is 1. The number of anilines is 2. The Morgan fingerprint density at radius 2 is 1.77 bits per heavy atom. The monoisotopic (exact) mass is 475 g/mol. The molecule has 4 heterocycles. The van der Waals surface area contributed by atoms with Crippen molar-refractivity contribution in [1.82, 2.24) is 24.3 Å². The molecule has 8 nitrogen and oxygen atoms in total. The predicted octanol–water partition coefficient (Wildman–Crippen LogP) is 4.28. The maximum atomic E-state index is 14.5. The first-order chi connectivity index (χ1) is 16.7. The van der Waals surface area contributed by atoms with Crippen LogP contribution in [0.4, 0.5) is 15.8 Å². The fourth-order valence-electron chi connectivity index (χ4n) is 5.48. The van der Waals surface area contributed by atoms with Crippen molar-refractivity contribution in [3.63, 3.8) is 0 Å². The smallest absolute Gasteiger partial charge is 0.257 e. The molecule has 0 aliphatic carbocycles. The summed E-state index contributed by atoms with van der Waals surface area (Å²) >= 11 is 0. The van der Waals surface area contributed by atoms with Crippen LogP contribution in [-0.4, -0.2) is 61.4 Å². The number of nitrogens with one attached hydrogen (secondary N) is 1. The van der Waals surface area contributed by atoms with Crippen LogP contribution in [0, 0.1) is 12.7 Å². The molecule has 1 fully saturated rings. The van der Waals surface area contributed by atoms with Crippen molar-refractivity contribution in [2.45, 2.75) is 52.7 Å². The van der Waals surface area contributed by atoms with Gasteiger partial charge in [-0.15, -0.1) is 0 Å². The Balaban J connectivity index is 1.47. The van der Waals surface area contributed by atoms with Crippen molar-refractivity contribution in [3.8, 4) is 0 Å². The van der Waals surface area contributed by atoms with E-state index in [-0.39, 0.29) is 11.6 Å². The Kier molecular flexibility index (Phi) is 5.88. The standard InChI is InChI=1S/C26H30FN7O/c1-15(2)34-17(4)12-32(13-18(34)5)22-7-6-20(23-24(22)29-9-8-28-23)26(35)31-19-10-21(27)25-30-16(3)11-33(25)14-19/h6-11,14-15,17-18H,12-13H2,1-5H3,(H,31,35)/t17-,18-/m1/s1. The number of piperazine rings is 1. The first-order valence-electron chi connectivity index (χ1n) is 11.9. The van der Waals surface area contributed by atoms with Crippen LogP contribution in [-0.2, 0) is 0 Å². The van der Waals surface area contributed by atoms with E-state index in [4.69, 9.17) is 0 Å². The number of hydrogen-bond acceptors (Lipinski definition) is 6. The van der Waals surface area contributed by atoms with Crippen molar-refractivity contribution in [2.75, 3.05) is 23.3 Å². The Labute approximate surface area is 203 Å². The first-order valence-corrected chi connectivity index (χ1v) is 11.9. The second kappa shape index (κ2) is 8.88. The van der Waals surface area contributed by atoms with Crippen LogP contribution < -0.4 is 10.2 Å². The number of aryl methyl sites for hydroxylation is 1. The summed E-state index contributed by atoms with van der Waals surface area (Å²) in [6.45, 7) is 12.5. The van der Waals surface area contributed by atoms with E-state index in [1.165, 1.54) is 6.07 Å². The molecule has 0 unspecified atom stereocenters. The van der Waals surface area contributed by atoms with E-state index in [9.17, 15) is 9.18 Å². The topological polar surface area (TPSA) is 78.7 Å². The zero-order valence-corrected chi connectivity index (χ0v) is 20.7. The second-order valence-electron chi connectivity index (χ2n) is 9.67. The van der Waals surface area contributed by atoms with Gasteiger partial charge in [0, 0.05) is 62.1 Å². The number of fused-ring (bicyclic) bond motifs is 2. The Morgan fingerprint density at radius 1 is 1.09 bits per heavy atom. The van der Waals surface area contributed by atoms with Gasteiger partial charge in [0.05, 0.1) is 22.6 Å². The van der Waals surface area contributed by atoms with E-state index in [0.29, 0.717) is 46.1 Å². The number of amides is 1. The van der Waals surface area contributed by atoms with Crippen LogP contribution in [0.5, 0.6) is 0 Å². The van der Waals surface area contributed by atoms with Gasteiger partial charge in [-0.2, -0.15) is 0 Å². The molecular formula is C26H30FN7O. The number of carbonyl (C=O) groups is 1. The van der Waals surface area contributed by atoms with E-state index in [2.05, 4.69) is 57.8 Å². The van der Waals surface area contributed by atoms with E-state index in [1.54, 1.807) is 42.2 Å². The lowest BCUT2D eigenvalue weighted by atomic mass is 10.0. The van der Waals surface area contributed by atoms with Gasteiger partial charge in [0.25, 0.3) is 5.91 Å². The van der Waals surface area contributed by atoms with Crippen LogP contribution in [0.3, 0.4) is 0 Å². The van der Waals surface area contributed by atoms with Gasteiger partial charge in [-0.1, -0.05) is 0 Å². The van der Waals surface area contributed by atoms with E-state index < -0.39 is 5.82 Å². The van der Waals surface area contributed by atoms with Crippen LogP contribution >= 0.6 is 0 Å². The molecule has 0 saturated carbocycles. The average Bonchev–Trinajstić information content (AvgIpc) is 3.18. The minimum absolute atomic E-state index is 0.224. The predicted molar refractivity (Wildman–Crippen MR) is 135 cm³/mol. The van der Waals surface area contributed by atoms with Crippen LogP contribution in [0.2, 0.25) is 0 Å². The summed E-state index contributed by atoms with van der Waals surface area (Å²) in [7, 11) is 0. The number of benzene rings is 1. The molecule has 1 amide bonds. The van der Waals surface area contributed by atoms with Crippen LogP contribution in [0.1, 0.15) is 43.7 Å². The van der Waals surface area contributed by atoms with E-state index in [0.717, 1.165) is 18.8 Å². The Morgan fingerprint density at radius 3 is 2.46 bits per heavy atom. The number of aromatic nitrogens is 4. The van der Waals surface area contributed by atoms with Gasteiger partial charge < -0.3 is 14.6 Å². The molecule has 182 valence electrons. The number of nitrogens with zero attached hydrogens (tertiary/aromatic N) is 6. The first kappa shape index (κ1) is 23.2. The summed E-state index contributed by atoms with van der Waals surface area (Å²) in [5.74, 6) is -0.872. The van der Waals surface area contributed by atoms with Gasteiger partial charge in [0.1, 0.15) is 11.0 Å². The minimum atomic E-state index is -0.500. The summed E-state index contributed by atoms with van der Waals surface area (Å²) in [5, 5.41) is 2.81. The number of halogens is 1. The molecule has 1 aliphatic heterocycles. The molecule has 35 heavy (non-hydrogen) atoms. The molecular weight excluding hydrogens is 445 g/mol. The molecule has 9 heteroatoms. The number of hydrogen-bond donors (Lipinski definition) is 1. The Bertz CT molecular complexity index is 1400.